The molecule has 0 aliphatic heterocycles. The van der Waals surface area contributed by atoms with E-state index in [4.69, 9.17) is 4.74 Å². The van der Waals surface area contributed by atoms with Crippen molar-refractivity contribution in [2.75, 3.05) is 13.2 Å². The molecule has 2 aliphatic rings. The van der Waals surface area contributed by atoms with E-state index in [2.05, 4.69) is 26.1 Å². The second kappa shape index (κ2) is 6.68. The zero-order valence-electron chi connectivity index (χ0n) is 14.3. The zero-order valence-corrected chi connectivity index (χ0v) is 14.3. The third-order valence-electron chi connectivity index (χ3n) is 5.39. The van der Waals surface area contributed by atoms with E-state index in [9.17, 15) is 4.79 Å². The fraction of sp³-hybridized carbons (Fsp3) is 0.944. The number of carbonyl (C=O) groups excluding carboxylic acids is 1. The van der Waals surface area contributed by atoms with Gasteiger partial charge < -0.3 is 10.1 Å². The van der Waals surface area contributed by atoms with Crippen molar-refractivity contribution in [2.24, 2.45) is 17.3 Å². The molecule has 122 valence electrons. The number of ether oxygens (including phenoxy) is 1. The van der Waals surface area contributed by atoms with Crippen LogP contribution in [0.5, 0.6) is 0 Å². The van der Waals surface area contributed by atoms with Crippen molar-refractivity contribution in [2.45, 2.75) is 78.2 Å². The number of rotatable bonds is 5. The average molecular weight is 295 g/mol. The van der Waals surface area contributed by atoms with E-state index in [-0.39, 0.29) is 5.97 Å². The maximum Gasteiger partial charge on any atom is 0.326 e. The summed E-state index contributed by atoms with van der Waals surface area (Å²) >= 11 is 0. The number of hydrogen-bond donors (Lipinski definition) is 1. The Morgan fingerprint density at radius 2 is 1.90 bits per heavy atom. The van der Waals surface area contributed by atoms with Crippen molar-refractivity contribution in [1.29, 1.82) is 0 Å². The van der Waals surface area contributed by atoms with Crippen LogP contribution in [-0.4, -0.2) is 24.7 Å². The molecule has 0 aromatic rings. The van der Waals surface area contributed by atoms with Crippen LogP contribution in [0.15, 0.2) is 0 Å². The van der Waals surface area contributed by atoms with Crippen LogP contribution in [0, 0.1) is 17.3 Å². The van der Waals surface area contributed by atoms with Gasteiger partial charge in [-0.25, -0.2) is 0 Å². The summed E-state index contributed by atoms with van der Waals surface area (Å²) in [6, 6.07) is 0. The highest BCUT2D eigenvalue weighted by atomic mass is 16.5. The highest BCUT2D eigenvalue weighted by Gasteiger charge is 2.43. The number of nitrogens with one attached hydrogen (secondary N) is 1. The first-order chi connectivity index (χ1) is 9.87. The maximum absolute atomic E-state index is 12.6. The fourth-order valence-electron chi connectivity index (χ4n) is 3.59. The van der Waals surface area contributed by atoms with Gasteiger partial charge in [-0.2, -0.15) is 0 Å². The van der Waals surface area contributed by atoms with Crippen LogP contribution < -0.4 is 5.32 Å². The van der Waals surface area contributed by atoms with Gasteiger partial charge >= 0.3 is 5.97 Å². The number of esters is 1. The molecule has 0 aromatic heterocycles. The van der Waals surface area contributed by atoms with Gasteiger partial charge in [0.25, 0.3) is 0 Å². The minimum absolute atomic E-state index is 0.0137. The van der Waals surface area contributed by atoms with Crippen molar-refractivity contribution in [3.05, 3.63) is 0 Å². The van der Waals surface area contributed by atoms with E-state index in [0.717, 1.165) is 38.1 Å². The molecule has 1 N–H and O–H groups in total. The molecule has 0 spiro atoms. The van der Waals surface area contributed by atoms with Crippen LogP contribution in [-0.2, 0) is 9.53 Å². The van der Waals surface area contributed by atoms with Crippen LogP contribution in [0.4, 0.5) is 0 Å². The van der Waals surface area contributed by atoms with E-state index in [1.165, 1.54) is 19.3 Å². The molecule has 2 aliphatic carbocycles. The van der Waals surface area contributed by atoms with Crippen LogP contribution in [0.3, 0.4) is 0 Å². The van der Waals surface area contributed by atoms with Gasteiger partial charge in [0, 0.05) is 0 Å². The zero-order chi connectivity index (χ0) is 15.5. The highest BCUT2D eigenvalue weighted by molar-refractivity contribution is 5.81. The Morgan fingerprint density at radius 1 is 1.19 bits per heavy atom. The summed E-state index contributed by atoms with van der Waals surface area (Å²) in [6.45, 7) is 10.3. The summed E-state index contributed by atoms with van der Waals surface area (Å²) in [7, 11) is 0. The predicted molar refractivity (Wildman–Crippen MR) is 86.1 cm³/mol. The first kappa shape index (κ1) is 16.8. The summed E-state index contributed by atoms with van der Waals surface area (Å²) in [6.07, 6.45) is 7.98. The standard InChI is InChI=1S/C18H33NO2/c1-5-21-16(20)18(19-13-14-8-9-14)11-6-7-15(10-12-18)17(2,3)4/h14-15,19H,5-13H2,1-4H3. The van der Waals surface area contributed by atoms with Gasteiger partial charge in [0.05, 0.1) is 6.61 Å². The third kappa shape index (κ3) is 4.45. The van der Waals surface area contributed by atoms with Crippen LogP contribution >= 0.6 is 0 Å². The highest BCUT2D eigenvalue weighted by Crippen LogP contribution is 2.40. The number of hydrogen-bond acceptors (Lipinski definition) is 3. The maximum atomic E-state index is 12.6. The van der Waals surface area contributed by atoms with Crippen molar-refractivity contribution in [1.82, 2.24) is 5.32 Å². The van der Waals surface area contributed by atoms with E-state index in [1.54, 1.807) is 0 Å². The predicted octanol–water partition coefficient (Wildman–Crippen LogP) is 3.91. The van der Waals surface area contributed by atoms with E-state index in [1.807, 2.05) is 6.92 Å². The molecule has 3 nitrogen and oxygen atoms in total. The molecule has 2 rings (SSSR count). The second-order valence-electron chi connectivity index (χ2n) is 8.12. The molecule has 0 saturated heterocycles. The lowest BCUT2D eigenvalue weighted by Crippen LogP contribution is -2.53. The molecule has 2 atom stereocenters. The van der Waals surface area contributed by atoms with E-state index < -0.39 is 5.54 Å². The Labute approximate surface area is 130 Å². The lowest BCUT2D eigenvalue weighted by Gasteiger charge is -2.33. The van der Waals surface area contributed by atoms with Crippen LogP contribution in [0.1, 0.15) is 72.6 Å². The minimum Gasteiger partial charge on any atom is -0.465 e. The molecular weight excluding hydrogens is 262 g/mol. The van der Waals surface area contributed by atoms with Crippen molar-refractivity contribution < 1.29 is 9.53 Å². The smallest absolute Gasteiger partial charge is 0.326 e. The summed E-state index contributed by atoms with van der Waals surface area (Å²) in [5.74, 6) is 1.48. The molecule has 0 heterocycles. The van der Waals surface area contributed by atoms with Crippen molar-refractivity contribution >= 4 is 5.97 Å². The van der Waals surface area contributed by atoms with Crippen LogP contribution in [0.2, 0.25) is 0 Å². The van der Waals surface area contributed by atoms with Gasteiger partial charge in [-0.1, -0.05) is 27.2 Å². The largest absolute Gasteiger partial charge is 0.465 e. The molecule has 3 heteroatoms. The molecule has 0 bridgehead atoms. The van der Waals surface area contributed by atoms with Crippen molar-refractivity contribution in [3.8, 4) is 0 Å². The van der Waals surface area contributed by atoms with Gasteiger partial charge in [-0.3, -0.25) is 4.79 Å². The molecule has 21 heavy (non-hydrogen) atoms. The summed E-state index contributed by atoms with van der Waals surface area (Å²) < 4.78 is 5.41. The van der Waals surface area contributed by atoms with Crippen molar-refractivity contribution in [3.63, 3.8) is 0 Å². The lowest BCUT2D eigenvalue weighted by atomic mass is 9.76. The monoisotopic (exact) mass is 295 g/mol. The molecule has 2 fully saturated rings. The van der Waals surface area contributed by atoms with Gasteiger partial charge in [0.2, 0.25) is 0 Å². The Kier molecular flexibility index (Phi) is 5.34. The minimum atomic E-state index is -0.418. The Morgan fingerprint density at radius 3 is 2.48 bits per heavy atom. The number of carbonyl (C=O) groups is 1. The molecule has 2 saturated carbocycles. The first-order valence-electron chi connectivity index (χ1n) is 8.79. The topological polar surface area (TPSA) is 38.3 Å². The Balaban J connectivity index is 2.05. The fourth-order valence-corrected chi connectivity index (χ4v) is 3.59. The Bertz CT molecular complexity index is 357. The third-order valence-corrected chi connectivity index (χ3v) is 5.39. The quantitative estimate of drug-likeness (QED) is 0.617. The summed E-state index contributed by atoms with van der Waals surface area (Å²) in [5.41, 5.74) is -0.0835. The average Bonchev–Trinajstić information content (AvgIpc) is 3.22. The van der Waals surface area contributed by atoms with E-state index >= 15 is 0 Å². The molecule has 2 unspecified atom stereocenters. The van der Waals surface area contributed by atoms with Gasteiger partial charge in [-0.15, -0.1) is 0 Å². The lowest BCUT2D eigenvalue weighted by molar-refractivity contribution is -0.152. The molecule has 0 radical (unpaired) electrons. The van der Waals surface area contributed by atoms with Crippen LogP contribution in [0.25, 0.3) is 0 Å². The first-order valence-corrected chi connectivity index (χ1v) is 8.79. The normalized spacial score (nSPS) is 30.8. The van der Waals surface area contributed by atoms with Gasteiger partial charge in [-0.05, 0) is 69.2 Å². The second-order valence-corrected chi connectivity index (χ2v) is 8.12. The molecular formula is C18H33NO2. The SMILES string of the molecule is CCOC(=O)C1(NCC2CC2)CCCC(C(C)(C)C)CC1. The summed E-state index contributed by atoms with van der Waals surface area (Å²) in [5, 5.41) is 3.62. The molecule has 0 amide bonds. The summed E-state index contributed by atoms with van der Waals surface area (Å²) in [4.78, 5) is 12.6. The van der Waals surface area contributed by atoms with Gasteiger partial charge in [0.15, 0.2) is 0 Å². The molecule has 0 aromatic carbocycles. The van der Waals surface area contributed by atoms with Gasteiger partial charge in [0.1, 0.15) is 5.54 Å². The van der Waals surface area contributed by atoms with E-state index in [0.29, 0.717) is 17.9 Å². The Hall–Kier alpha value is -0.570.